The van der Waals surface area contributed by atoms with Gasteiger partial charge in [0, 0.05) is 11.3 Å². The van der Waals surface area contributed by atoms with E-state index in [4.69, 9.17) is 4.98 Å². The van der Waals surface area contributed by atoms with Gasteiger partial charge in [-0.2, -0.15) is 0 Å². The second kappa shape index (κ2) is 7.10. The topological polar surface area (TPSA) is 33.1 Å². The molecule has 2 heteroatoms. The van der Waals surface area contributed by atoms with Crippen LogP contribution in [0.25, 0.3) is 11.3 Å². The van der Waals surface area contributed by atoms with Crippen molar-refractivity contribution >= 4 is 0 Å². The number of nitrogens with zero attached hydrogens (tertiary/aromatic N) is 1. The first-order valence-electron chi connectivity index (χ1n) is 8.78. The molecule has 0 bridgehead atoms. The summed E-state index contributed by atoms with van der Waals surface area (Å²) >= 11 is 0. The van der Waals surface area contributed by atoms with Crippen molar-refractivity contribution in [1.82, 2.24) is 4.98 Å². The Bertz CT molecular complexity index is 847. The number of benzene rings is 2. The Kier molecular flexibility index (Phi) is 4.89. The van der Waals surface area contributed by atoms with Gasteiger partial charge in [-0.05, 0) is 47.6 Å². The van der Waals surface area contributed by atoms with E-state index in [9.17, 15) is 5.11 Å². The van der Waals surface area contributed by atoms with Crippen LogP contribution in [0.15, 0.2) is 66.7 Å². The van der Waals surface area contributed by atoms with Gasteiger partial charge >= 0.3 is 0 Å². The van der Waals surface area contributed by atoms with E-state index in [2.05, 4.69) is 51.1 Å². The Hall–Kier alpha value is -2.61. The van der Waals surface area contributed by atoms with E-state index in [1.54, 1.807) is 0 Å². The largest absolute Gasteiger partial charge is 0.507 e. The van der Waals surface area contributed by atoms with E-state index >= 15 is 0 Å². The van der Waals surface area contributed by atoms with Crippen molar-refractivity contribution < 1.29 is 5.11 Å². The van der Waals surface area contributed by atoms with Crippen LogP contribution in [-0.2, 0) is 18.3 Å². The molecule has 0 radical (unpaired) electrons. The quantitative estimate of drug-likeness (QED) is 0.681. The maximum atomic E-state index is 10.7. The molecule has 2 nitrogen and oxygen atoms in total. The minimum absolute atomic E-state index is 0.106. The molecule has 3 rings (SSSR count). The van der Waals surface area contributed by atoms with Crippen LogP contribution in [0.5, 0.6) is 5.75 Å². The number of hydrogen-bond acceptors (Lipinski definition) is 2. The first-order chi connectivity index (χ1) is 11.9. The zero-order valence-corrected chi connectivity index (χ0v) is 15.2. The summed E-state index contributed by atoms with van der Waals surface area (Å²) in [4.78, 5) is 4.78. The van der Waals surface area contributed by atoms with E-state index in [0.29, 0.717) is 5.75 Å². The fourth-order valence-corrected chi connectivity index (χ4v) is 3.04. The molecule has 0 amide bonds. The smallest absolute Gasteiger partial charge is 0.128 e. The molecule has 0 aliphatic rings. The highest BCUT2D eigenvalue weighted by atomic mass is 16.3. The molecule has 25 heavy (non-hydrogen) atoms. The summed E-state index contributed by atoms with van der Waals surface area (Å²) in [6.07, 6.45) is 1.85. The molecule has 0 fully saturated rings. The maximum Gasteiger partial charge on any atom is 0.128 e. The summed E-state index contributed by atoms with van der Waals surface area (Å²) in [6, 6.07) is 22.4. The number of phenols is 1. The Labute approximate surface area is 150 Å². The molecule has 0 atom stereocenters. The third-order valence-corrected chi connectivity index (χ3v) is 4.44. The molecule has 0 aliphatic heterocycles. The van der Waals surface area contributed by atoms with Crippen molar-refractivity contribution in [3.63, 3.8) is 0 Å². The van der Waals surface area contributed by atoms with Crippen molar-refractivity contribution in [3.05, 3.63) is 83.6 Å². The third-order valence-electron chi connectivity index (χ3n) is 4.44. The lowest BCUT2D eigenvalue weighted by atomic mass is 9.85. The van der Waals surface area contributed by atoms with Crippen molar-refractivity contribution in [2.45, 2.75) is 39.0 Å². The van der Waals surface area contributed by atoms with Gasteiger partial charge in [-0.25, -0.2) is 0 Å². The Morgan fingerprint density at radius 2 is 1.52 bits per heavy atom. The van der Waals surface area contributed by atoms with Crippen LogP contribution < -0.4 is 0 Å². The van der Waals surface area contributed by atoms with E-state index < -0.39 is 0 Å². The van der Waals surface area contributed by atoms with Crippen molar-refractivity contribution in [3.8, 4) is 17.0 Å². The second-order valence-corrected chi connectivity index (χ2v) is 7.45. The minimum atomic E-state index is -0.106. The molecule has 0 aliphatic carbocycles. The normalized spacial score (nSPS) is 11.5. The van der Waals surface area contributed by atoms with Gasteiger partial charge in [0.15, 0.2) is 0 Å². The van der Waals surface area contributed by atoms with Crippen LogP contribution >= 0.6 is 0 Å². The zero-order chi connectivity index (χ0) is 17.9. The van der Waals surface area contributed by atoms with Crippen molar-refractivity contribution in [2.75, 3.05) is 0 Å². The van der Waals surface area contributed by atoms with E-state index in [0.717, 1.165) is 35.4 Å². The van der Waals surface area contributed by atoms with Gasteiger partial charge in [-0.3, -0.25) is 4.98 Å². The molecule has 0 saturated heterocycles. The predicted molar refractivity (Wildman–Crippen MR) is 104 cm³/mol. The number of aryl methyl sites for hydroxylation is 2. The van der Waals surface area contributed by atoms with E-state index in [-0.39, 0.29) is 5.41 Å². The highest BCUT2D eigenvalue weighted by Gasteiger charge is 2.20. The summed E-state index contributed by atoms with van der Waals surface area (Å²) in [5.41, 5.74) is 4.82. The third kappa shape index (κ3) is 4.08. The van der Waals surface area contributed by atoms with E-state index in [1.165, 1.54) is 5.56 Å². The minimum Gasteiger partial charge on any atom is -0.507 e. The number of para-hydroxylation sites is 1. The fraction of sp³-hybridized carbons (Fsp3) is 0.261. The molecule has 1 heterocycles. The lowest BCUT2D eigenvalue weighted by Gasteiger charge is -2.21. The van der Waals surface area contributed by atoms with E-state index in [1.807, 2.05) is 36.4 Å². The van der Waals surface area contributed by atoms with Crippen LogP contribution in [0.1, 0.15) is 37.6 Å². The number of hydrogen-bond donors (Lipinski definition) is 1. The highest BCUT2D eigenvalue weighted by Crippen LogP contribution is 2.37. The summed E-state index contributed by atoms with van der Waals surface area (Å²) in [5, 5.41) is 10.7. The van der Waals surface area contributed by atoms with Gasteiger partial charge < -0.3 is 5.11 Å². The molecule has 0 unspecified atom stereocenters. The Morgan fingerprint density at radius 3 is 2.24 bits per heavy atom. The first-order valence-corrected chi connectivity index (χ1v) is 8.78. The van der Waals surface area contributed by atoms with Crippen molar-refractivity contribution in [1.29, 1.82) is 0 Å². The van der Waals surface area contributed by atoms with Gasteiger partial charge in [0.05, 0.1) is 5.69 Å². The molecular formula is C23H25NO. The number of pyridine rings is 1. The first kappa shape index (κ1) is 17.2. The van der Waals surface area contributed by atoms with Crippen LogP contribution in [0, 0.1) is 0 Å². The standard InChI is InChI=1S/C23H25NO/c1-23(2,3)20-13-8-12-19(22(20)25)21-14-7-11-18(24-21)16-15-17-9-5-4-6-10-17/h4-14,25H,15-16H2,1-3H3. The SMILES string of the molecule is CC(C)(C)c1cccc(-c2cccc(CCc3ccccc3)n2)c1O. The summed E-state index contributed by atoms with van der Waals surface area (Å²) in [5.74, 6) is 0.336. The number of aromatic hydroxyl groups is 1. The van der Waals surface area contributed by atoms with Gasteiger partial charge in [0.2, 0.25) is 0 Å². The molecule has 1 aromatic heterocycles. The van der Waals surface area contributed by atoms with Crippen LogP contribution in [-0.4, -0.2) is 10.1 Å². The summed E-state index contributed by atoms with van der Waals surface area (Å²) in [6.45, 7) is 6.32. The van der Waals surface area contributed by atoms with Gasteiger partial charge in [0.25, 0.3) is 0 Å². The monoisotopic (exact) mass is 331 g/mol. The average molecular weight is 331 g/mol. The molecule has 0 saturated carbocycles. The maximum absolute atomic E-state index is 10.7. The number of aromatic nitrogens is 1. The summed E-state index contributed by atoms with van der Waals surface area (Å²) in [7, 11) is 0. The van der Waals surface area contributed by atoms with Gasteiger partial charge in [-0.15, -0.1) is 0 Å². The Balaban J connectivity index is 1.87. The second-order valence-electron chi connectivity index (χ2n) is 7.45. The number of rotatable bonds is 4. The van der Waals surface area contributed by atoms with Crippen LogP contribution in [0.4, 0.5) is 0 Å². The lowest BCUT2D eigenvalue weighted by Crippen LogP contribution is -2.11. The Morgan fingerprint density at radius 1 is 0.800 bits per heavy atom. The molecule has 0 spiro atoms. The van der Waals surface area contributed by atoms with Crippen LogP contribution in [0.3, 0.4) is 0 Å². The molecule has 128 valence electrons. The molecular weight excluding hydrogens is 306 g/mol. The zero-order valence-electron chi connectivity index (χ0n) is 15.2. The highest BCUT2D eigenvalue weighted by molar-refractivity contribution is 5.69. The molecule has 2 aromatic carbocycles. The summed E-state index contributed by atoms with van der Waals surface area (Å²) < 4.78 is 0. The lowest BCUT2D eigenvalue weighted by molar-refractivity contribution is 0.448. The predicted octanol–water partition coefficient (Wildman–Crippen LogP) is 5.54. The number of phenolic OH excluding ortho intramolecular Hbond substituents is 1. The average Bonchev–Trinajstić information content (AvgIpc) is 2.60. The van der Waals surface area contributed by atoms with Crippen molar-refractivity contribution in [2.24, 2.45) is 0 Å². The van der Waals surface area contributed by atoms with Gasteiger partial charge in [-0.1, -0.05) is 69.3 Å². The fourth-order valence-electron chi connectivity index (χ4n) is 3.04. The molecule has 1 N–H and O–H groups in total. The van der Waals surface area contributed by atoms with Gasteiger partial charge in [0.1, 0.15) is 5.75 Å². The van der Waals surface area contributed by atoms with Crippen LogP contribution in [0.2, 0.25) is 0 Å². The molecule has 3 aromatic rings.